The monoisotopic (exact) mass is 177 g/mol. The summed E-state index contributed by atoms with van der Waals surface area (Å²) in [4.78, 5) is 0. The summed E-state index contributed by atoms with van der Waals surface area (Å²) in [6, 6.07) is 0. The van der Waals surface area contributed by atoms with Crippen molar-refractivity contribution in [2.75, 3.05) is 40.0 Å². The highest BCUT2D eigenvalue weighted by atomic mass is 16.5. The van der Waals surface area contributed by atoms with Crippen LogP contribution in [0.5, 0.6) is 0 Å². The molecule has 0 aromatic rings. The SMILES string of the molecule is COCCOCCNCC(C)O. The number of nitrogens with one attached hydrogen (secondary N) is 1. The third-order valence-corrected chi connectivity index (χ3v) is 1.29. The Morgan fingerprint density at radius 2 is 2.08 bits per heavy atom. The molecule has 0 saturated heterocycles. The molecule has 74 valence electrons. The number of ether oxygens (including phenoxy) is 2. The lowest BCUT2D eigenvalue weighted by molar-refractivity contribution is 0.0707. The lowest BCUT2D eigenvalue weighted by Crippen LogP contribution is -2.27. The van der Waals surface area contributed by atoms with Gasteiger partial charge in [-0.2, -0.15) is 0 Å². The lowest BCUT2D eigenvalue weighted by atomic mass is 10.4. The van der Waals surface area contributed by atoms with Crippen LogP contribution in [0.2, 0.25) is 0 Å². The molecule has 1 unspecified atom stereocenters. The van der Waals surface area contributed by atoms with Crippen LogP contribution in [0.1, 0.15) is 6.92 Å². The Hall–Kier alpha value is -0.160. The quantitative estimate of drug-likeness (QED) is 0.496. The van der Waals surface area contributed by atoms with Gasteiger partial charge >= 0.3 is 0 Å². The van der Waals surface area contributed by atoms with Gasteiger partial charge < -0.3 is 19.9 Å². The predicted octanol–water partition coefficient (Wildman–Crippen LogP) is -0.380. The summed E-state index contributed by atoms with van der Waals surface area (Å²) in [6.07, 6.45) is -0.288. The Morgan fingerprint density at radius 1 is 1.33 bits per heavy atom. The molecule has 2 N–H and O–H groups in total. The molecule has 4 heteroatoms. The summed E-state index contributed by atoms with van der Waals surface area (Å²) in [5.41, 5.74) is 0. The van der Waals surface area contributed by atoms with Gasteiger partial charge in [0.15, 0.2) is 0 Å². The van der Waals surface area contributed by atoms with Crippen LogP contribution in [0, 0.1) is 0 Å². The fourth-order valence-corrected chi connectivity index (χ4v) is 0.700. The van der Waals surface area contributed by atoms with E-state index in [1.165, 1.54) is 0 Å². The Kier molecular flexibility index (Phi) is 8.81. The molecule has 4 nitrogen and oxygen atoms in total. The van der Waals surface area contributed by atoms with Gasteiger partial charge in [0.05, 0.1) is 25.9 Å². The fraction of sp³-hybridized carbons (Fsp3) is 1.00. The summed E-state index contributed by atoms with van der Waals surface area (Å²) < 4.78 is 9.99. The minimum atomic E-state index is -0.288. The van der Waals surface area contributed by atoms with E-state index in [0.29, 0.717) is 26.4 Å². The average Bonchev–Trinajstić information content (AvgIpc) is 2.02. The van der Waals surface area contributed by atoms with E-state index < -0.39 is 0 Å². The summed E-state index contributed by atoms with van der Waals surface area (Å²) in [6.45, 7) is 5.07. The summed E-state index contributed by atoms with van der Waals surface area (Å²) in [7, 11) is 1.65. The first-order valence-electron chi connectivity index (χ1n) is 4.23. The van der Waals surface area contributed by atoms with Gasteiger partial charge in [-0.1, -0.05) is 0 Å². The van der Waals surface area contributed by atoms with Gasteiger partial charge in [0.1, 0.15) is 0 Å². The number of methoxy groups -OCH3 is 1. The van der Waals surface area contributed by atoms with Crippen molar-refractivity contribution in [3.8, 4) is 0 Å². The number of hydrogen-bond acceptors (Lipinski definition) is 4. The van der Waals surface area contributed by atoms with Crippen LogP contribution in [0.25, 0.3) is 0 Å². The summed E-state index contributed by atoms with van der Waals surface area (Å²) in [5, 5.41) is 11.9. The maximum Gasteiger partial charge on any atom is 0.0700 e. The zero-order valence-corrected chi connectivity index (χ0v) is 7.88. The van der Waals surface area contributed by atoms with Crippen LogP contribution in [-0.2, 0) is 9.47 Å². The molecule has 1 atom stereocenters. The van der Waals surface area contributed by atoms with Crippen LogP contribution in [-0.4, -0.2) is 51.2 Å². The molecular weight excluding hydrogens is 158 g/mol. The highest BCUT2D eigenvalue weighted by Crippen LogP contribution is 1.76. The highest BCUT2D eigenvalue weighted by molar-refractivity contribution is 4.51. The van der Waals surface area contributed by atoms with Crippen LogP contribution >= 0.6 is 0 Å². The molecule has 0 aromatic carbocycles. The van der Waals surface area contributed by atoms with Crippen LogP contribution in [0.4, 0.5) is 0 Å². The average molecular weight is 177 g/mol. The maximum atomic E-state index is 8.87. The second kappa shape index (κ2) is 8.93. The fourth-order valence-electron chi connectivity index (χ4n) is 0.700. The Morgan fingerprint density at radius 3 is 2.67 bits per heavy atom. The minimum absolute atomic E-state index is 0.288. The largest absolute Gasteiger partial charge is 0.392 e. The van der Waals surface area contributed by atoms with Crippen molar-refractivity contribution in [1.82, 2.24) is 5.32 Å². The standard InChI is InChI=1S/C8H19NO3/c1-8(10)7-9-3-4-12-6-5-11-2/h8-10H,3-7H2,1-2H3. The van der Waals surface area contributed by atoms with Crippen molar-refractivity contribution in [2.45, 2.75) is 13.0 Å². The van der Waals surface area contributed by atoms with E-state index in [9.17, 15) is 0 Å². The van der Waals surface area contributed by atoms with Crippen molar-refractivity contribution >= 4 is 0 Å². The first kappa shape index (κ1) is 11.8. The van der Waals surface area contributed by atoms with E-state index in [0.717, 1.165) is 6.54 Å². The highest BCUT2D eigenvalue weighted by Gasteiger charge is 1.93. The van der Waals surface area contributed by atoms with E-state index >= 15 is 0 Å². The molecule has 0 aliphatic carbocycles. The molecule has 0 bridgehead atoms. The van der Waals surface area contributed by atoms with Gasteiger partial charge in [0, 0.05) is 20.2 Å². The third kappa shape index (κ3) is 9.84. The molecular formula is C8H19NO3. The summed E-state index contributed by atoms with van der Waals surface area (Å²) >= 11 is 0. The molecule has 12 heavy (non-hydrogen) atoms. The van der Waals surface area contributed by atoms with Crippen LogP contribution < -0.4 is 5.32 Å². The number of rotatable bonds is 8. The number of hydrogen-bond donors (Lipinski definition) is 2. The second-order valence-electron chi connectivity index (χ2n) is 2.66. The molecule has 0 radical (unpaired) electrons. The normalized spacial score (nSPS) is 13.2. The van der Waals surface area contributed by atoms with E-state index in [1.807, 2.05) is 0 Å². The smallest absolute Gasteiger partial charge is 0.0700 e. The molecule has 0 aromatic heterocycles. The van der Waals surface area contributed by atoms with Gasteiger partial charge in [-0.25, -0.2) is 0 Å². The summed E-state index contributed by atoms with van der Waals surface area (Å²) in [5.74, 6) is 0. The first-order valence-corrected chi connectivity index (χ1v) is 4.23. The zero-order chi connectivity index (χ0) is 9.23. The second-order valence-corrected chi connectivity index (χ2v) is 2.66. The van der Waals surface area contributed by atoms with Crippen molar-refractivity contribution in [3.63, 3.8) is 0 Å². The van der Waals surface area contributed by atoms with Crippen molar-refractivity contribution < 1.29 is 14.6 Å². The topological polar surface area (TPSA) is 50.7 Å². The third-order valence-electron chi connectivity index (χ3n) is 1.29. The van der Waals surface area contributed by atoms with E-state index in [2.05, 4.69) is 5.32 Å². The predicted molar refractivity (Wildman–Crippen MR) is 47.2 cm³/mol. The molecule has 0 spiro atoms. The van der Waals surface area contributed by atoms with Gasteiger partial charge in [-0.3, -0.25) is 0 Å². The Balaban J connectivity index is 2.82. The van der Waals surface area contributed by atoms with E-state index in [4.69, 9.17) is 14.6 Å². The van der Waals surface area contributed by atoms with Gasteiger partial charge in [0.25, 0.3) is 0 Å². The molecule has 0 aliphatic rings. The molecule has 0 heterocycles. The Bertz CT molecular complexity index is 88.4. The van der Waals surface area contributed by atoms with Gasteiger partial charge in [-0.15, -0.1) is 0 Å². The van der Waals surface area contributed by atoms with Gasteiger partial charge in [0.2, 0.25) is 0 Å². The minimum Gasteiger partial charge on any atom is -0.392 e. The number of aliphatic hydroxyl groups excluding tert-OH is 1. The maximum absolute atomic E-state index is 8.87. The van der Waals surface area contributed by atoms with Crippen LogP contribution in [0.15, 0.2) is 0 Å². The van der Waals surface area contributed by atoms with Gasteiger partial charge in [-0.05, 0) is 6.92 Å². The molecule has 0 saturated carbocycles. The van der Waals surface area contributed by atoms with E-state index in [1.54, 1.807) is 14.0 Å². The molecule has 0 amide bonds. The lowest BCUT2D eigenvalue weighted by Gasteiger charge is -2.06. The van der Waals surface area contributed by atoms with Crippen molar-refractivity contribution in [3.05, 3.63) is 0 Å². The van der Waals surface area contributed by atoms with E-state index in [-0.39, 0.29) is 6.10 Å². The Labute approximate surface area is 73.9 Å². The van der Waals surface area contributed by atoms with Crippen LogP contribution in [0.3, 0.4) is 0 Å². The number of aliphatic hydroxyl groups is 1. The molecule has 0 rings (SSSR count). The van der Waals surface area contributed by atoms with Crippen molar-refractivity contribution in [2.24, 2.45) is 0 Å². The van der Waals surface area contributed by atoms with Crippen molar-refractivity contribution in [1.29, 1.82) is 0 Å². The molecule has 0 fully saturated rings. The first-order chi connectivity index (χ1) is 5.77. The molecule has 0 aliphatic heterocycles. The zero-order valence-electron chi connectivity index (χ0n) is 7.88.